The number of rotatable bonds is 1. The number of nitrogen functional groups attached to an aromatic ring is 1. The van der Waals surface area contributed by atoms with Crippen LogP contribution in [-0.2, 0) is 0 Å². The first-order chi connectivity index (χ1) is 4.22. The van der Waals surface area contributed by atoms with Crippen LogP contribution >= 0.6 is 0 Å². The van der Waals surface area contributed by atoms with Crippen LogP contribution in [0.4, 0.5) is 0 Å². The normalized spacial score (nSPS) is 13.6. The molecule has 0 aliphatic rings. The fraction of sp³-hybridized carbons (Fsp3) is 0.400. The second-order valence-electron chi connectivity index (χ2n) is 1.90. The van der Waals surface area contributed by atoms with Crippen molar-refractivity contribution in [3.05, 3.63) is 18.2 Å². The Bertz CT molecular complexity index is 194. The molecule has 1 atom stereocenters. The highest BCUT2D eigenvalue weighted by Gasteiger charge is 2.03. The number of aliphatic hydroxyl groups is 1. The molecule has 0 radical (unpaired) electrons. The third-order valence-corrected chi connectivity index (χ3v) is 1.12. The van der Waals surface area contributed by atoms with E-state index >= 15 is 0 Å². The molecular weight excluding hydrogens is 118 g/mol. The van der Waals surface area contributed by atoms with Crippen LogP contribution in [0, 0.1) is 0 Å². The molecule has 4 nitrogen and oxygen atoms in total. The summed E-state index contributed by atoms with van der Waals surface area (Å²) < 4.78 is 1.30. The van der Waals surface area contributed by atoms with E-state index in [1.807, 2.05) is 0 Å². The molecular formula is C5H9N3O. The Morgan fingerprint density at radius 1 is 1.89 bits per heavy atom. The minimum absolute atomic E-state index is 0.544. The van der Waals surface area contributed by atoms with E-state index in [2.05, 4.69) is 4.98 Å². The van der Waals surface area contributed by atoms with Crippen molar-refractivity contribution in [3.8, 4) is 0 Å². The molecule has 0 aromatic carbocycles. The molecule has 0 amide bonds. The zero-order valence-electron chi connectivity index (χ0n) is 5.15. The molecule has 0 saturated heterocycles. The Labute approximate surface area is 52.9 Å². The van der Waals surface area contributed by atoms with Gasteiger partial charge in [-0.15, -0.1) is 0 Å². The number of nitrogens with zero attached hydrogens (tertiary/aromatic N) is 2. The Hall–Kier alpha value is -1.03. The summed E-state index contributed by atoms with van der Waals surface area (Å²) in [7, 11) is 0. The molecule has 3 N–H and O–H groups in total. The first kappa shape index (κ1) is 6.10. The van der Waals surface area contributed by atoms with Crippen LogP contribution in [0.15, 0.2) is 12.5 Å². The van der Waals surface area contributed by atoms with Crippen LogP contribution in [0.25, 0.3) is 0 Å². The lowest BCUT2D eigenvalue weighted by molar-refractivity contribution is 0.191. The molecule has 0 bridgehead atoms. The quantitative estimate of drug-likeness (QED) is 0.507. The number of aromatic nitrogens is 2. The van der Waals surface area contributed by atoms with E-state index in [-0.39, 0.29) is 0 Å². The predicted octanol–water partition coefficient (Wildman–Crippen LogP) is -0.350. The van der Waals surface area contributed by atoms with Crippen LogP contribution < -0.4 is 5.84 Å². The summed E-state index contributed by atoms with van der Waals surface area (Å²) in [6.07, 6.45) is 2.43. The first-order valence-electron chi connectivity index (χ1n) is 2.67. The van der Waals surface area contributed by atoms with Crippen molar-refractivity contribution in [2.75, 3.05) is 5.84 Å². The molecule has 0 aliphatic carbocycles. The fourth-order valence-corrected chi connectivity index (χ4v) is 0.638. The molecule has 1 unspecified atom stereocenters. The SMILES string of the molecule is CC(O)c1cncn1N. The van der Waals surface area contributed by atoms with Gasteiger partial charge < -0.3 is 10.9 Å². The lowest BCUT2D eigenvalue weighted by Crippen LogP contribution is -2.12. The van der Waals surface area contributed by atoms with Crippen molar-refractivity contribution in [2.24, 2.45) is 0 Å². The van der Waals surface area contributed by atoms with E-state index in [1.165, 1.54) is 17.2 Å². The van der Waals surface area contributed by atoms with Crippen molar-refractivity contribution >= 4 is 0 Å². The van der Waals surface area contributed by atoms with Crippen molar-refractivity contribution in [3.63, 3.8) is 0 Å². The number of hydrogen-bond acceptors (Lipinski definition) is 3. The summed E-state index contributed by atoms with van der Waals surface area (Å²) in [5.74, 6) is 5.34. The zero-order chi connectivity index (χ0) is 6.85. The summed E-state index contributed by atoms with van der Waals surface area (Å²) >= 11 is 0. The monoisotopic (exact) mass is 127 g/mol. The van der Waals surface area contributed by atoms with Crippen molar-refractivity contribution in [2.45, 2.75) is 13.0 Å². The standard InChI is InChI=1S/C5H9N3O/c1-4(9)5-2-7-3-8(5)6/h2-4,9H,6H2,1H3. The first-order valence-corrected chi connectivity index (χ1v) is 2.67. The highest BCUT2D eigenvalue weighted by molar-refractivity contribution is 5.00. The highest BCUT2D eigenvalue weighted by Crippen LogP contribution is 2.06. The number of imidazole rings is 1. The van der Waals surface area contributed by atoms with Gasteiger partial charge in [-0.2, -0.15) is 0 Å². The Morgan fingerprint density at radius 2 is 2.56 bits per heavy atom. The van der Waals surface area contributed by atoms with Gasteiger partial charge in [0, 0.05) is 0 Å². The van der Waals surface area contributed by atoms with Crippen molar-refractivity contribution in [1.29, 1.82) is 0 Å². The molecule has 1 aromatic rings. The van der Waals surface area contributed by atoms with Gasteiger partial charge in [-0.1, -0.05) is 0 Å². The van der Waals surface area contributed by atoms with Gasteiger partial charge in [-0.25, -0.2) is 4.98 Å². The number of hydrogen-bond donors (Lipinski definition) is 2. The maximum absolute atomic E-state index is 8.95. The van der Waals surface area contributed by atoms with E-state index in [0.29, 0.717) is 5.69 Å². The molecule has 1 rings (SSSR count). The van der Waals surface area contributed by atoms with Crippen molar-refractivity contribution < 1.29 is 5.11 Å². The van der Waals surface area contributed by atoms with Gasteiger partial charge >= 0.3 is 0 Å². The van der Waals surface area contributed by atoms with Crippen LogP contribution in [0.3, 0.4) is 0 Å². The van der Waals surface area contributed by atoms with E-state index in [4.69, 9.17) is 10.9 Å². The van der Waals surface area contributed by atoms with Gasteiger partial charge in [0.25, 0.3) is 0 Å². The van der Waals surface area contributed by atoms with Gasteiger partial charge in [0.2, 0.25) is 0 Å². The smallest absolute Gasteiger partial charge is 0.114 e. The average molecular weight is 127 g/mol. The Morgan fingerprint density at radius 3 is 2.78 bits per heavy atom. The van der Waals surface area contributed by atoms with Crippen LogP contribution in [0.2, 0.25) is 0 Å². The third-order valence-electron chi connectivity index (χ3n) is 1.12. The summed E-state index contributed by atoms with van der Waals surface area (Å²) in [6, 6.07) is 0. The highest BCUT2D eigenvalue weighted by atomic mass is 16.3. The van der Waals surface area contributed by atoms with Gasteiger partial charge in [-0.3, -0.25) is 4.68 Å². The Balaban J connectivity index is 2.94. The summed E-state index contributed by atoms with van der Waals surface area (Å²) in [5.41, 5.74) is 0.620. The third kappa shape index (κ3) is 1.02. The molecule has 0 fully saturated rings. The maximum atomic E-state index is 8.95. The van der Waals surface area contributed by atoms with Gasteiger partial charge in [0.05, 0.1) is 18.0 Å². The van der Waals surface area contributed by atoms with E-state index in [0.717, 1.165) is 0 Å². The summed E-state index contributed by atoms with van der Waals surface area (Å²) in [5, 5.41) is 8.95. The average Bonchev–Trinajstić information content (AvgIpc) is 2.13. The number of nitrogens with two attached hydrogens (primary N) is 1. The topological polar surface area (TPSA) is 64.1 Å². The fourth-order valence-electron chi connectivity index (χ4n) is 0.638. The van der Waals surface area contributed by atoms with Crippen molar-refractivity contribution in [1.82, 2.24) is 9.66 Å². The minimum Gasteiger partial charge on any atom is -0.387 e. The molecule has 0 saturated carbocycles. The van der Waals surface area contributed by atoms with Crippen LogP contribution in [0.5, 0.6) is 0 Å². The largest absolute Gasteiger partial charge is 0.387 e. The van der Waals surface area contributed by atoms with E-state index < -0.39 is 6.10 Å². The molecule has 9 heavy (non-hydrogen) atoms. The molecule has 50 valence electrons. The van der Waals surface area contributed by atoms with Crippen LogP contribution in [-0.4, -0.2) is 14.8 Å². The van der Waals surface area contributed by atoms with Gasteiger partial charge in [0.1, 0.15) is 6.33 Å². The summed E-state index contributed by atoms with van der Waals surface area (Å²) in [6.45, 7) is 1.64. The maximum Gasteiger partial charge on any atom is 0.114 e. The Kier molecular flexibility index (Phi) is 1.40. The van der Waals surface area contributed by atoms with Gasteiger partial charge in [-0.05, 0) is 6.92 Å². The predicted molar refractivity (Wildman–Crippen MR) is 33.0 cm³/mol. The van der Waals surface area contributed by atoms with Crippen LogP contribution in [0.1, 0.15) is 18.7 Å². The van der Waals surface area contributed by atoms with Gasteiger partial charge in [0.15, 0.2) is 0 Å². The molecule has 1 aromatic heterocycles. The summed E-state index contributed by atoms with van der Waals surface area (Å²) in [4.78, 5) is 3.72. The number of aliphatic hydroxyl groups excluding tert-OH is 1. The molecule has 0 spiro atoms. The molecule has 4 heteroatoms. The molecule has 0 aliphatic heterocycles. The second kappa shape index (κ2) is 2.06. The lowest BCUT2D eigenvalue weighted by Gasteiger charge is -2.02. The minimum atomic E-state index is -0.544. The van der Waals surface area contributed by atoms with E-state index in [1.54, 1.807) is 6.92 Å². The van der Waals surface area contributed by atoms with E-state index in [9.17, 15) is 0 Å². The molecule has 1 heterocycles. The lowest BCUT2D eigenvalue weighted by atomic mass is 10.3. The second-order valence-corrected chi connectivity index (χ2v) is 1.90. The zero-order valence-corrected chi connectivity index (χ0v) is 5.15.